The molecule has 0 aliphatic rings. The first-order valence-corrected chi connectivity index (χ1v) is 6.42. The van der Waals surface area contributed by atoms with Crippen molar-refractivity contribution < 1.29 is 18.3 Å². The first-order chi connectivity index (χ1) is 7.36. The fraction of sp³-hybridized carbons (Fsp3) is 0.500. The quantitative estimate of drug-likeness (QED) is 0.708. The molecule has 1 heterocycles. The maximum absolute atomic E-state index is 11.2. The molecule has 0 radical (unpaired) electrons. The number of hydrogen-bond donors (Lipinski definition) is 2. The molecule has 1 aromatic heterocycles. The Hall–Kier alpha value is -1.41. The lowest BCUT2D eigenvalue weighted by atomic mass is 10.2. The van der Waals surface area contributed by atoms with Crippen LogP contribution in [0.2, 0.25) is 0 Å². The summed E-state index contributed by atoms with van der Waals surface area (Å²) in [5.41, 5.74) is 5.27. The topological polar surface area (TPSA) is 115 Å². The standard InChI is InChI=1S/C8H13N3O4S/c1-16(14,15)6-4-10-11(5-6)7(2-3-9)8(12)13/h4-5,7H,2-3,9H2,1H3,(H,12,13). The number of sulfone groups is 1. The van der Waals surface area contributed by atoms with Crippen LogP contribution < -0.4 is 5.73 Å². The molecule has 0 spiro atoms. The van der Waals surface area contributed by atoms with E-state index in [1.807, 2.05) is 0 Å². The minimum Gasteiger partial charge on any atom is -0.480 e. The van der Waals surface area contributed by atoms with Crippen LogP contribution in [0.5, 0.6) is 0 Å². The number of aromatic nitrogens is 2. The minimum atomic E-state index is -3.36. The van der Waals surface area contributed by atoms with E-state index in [-0.39, 0.29) is 17.9 Å². The molecule has 1 aromatic rings. The van der Waals surface area contributed by atoms with E-state index in [1.165, 1.54) is 6.20 Å². The average molecular weight is 247 g/mol. The Balaban J connectivity index is 3.04. The lowest BCUT2D eigenvalue weighted by Gasteiger charge is -2.10. The molecule has 0 saturated heterocycles. The Kier molecular flexibility index (Phi) is 3.66. The van der Waals surface area contributed by atoms with Crippen LogP contribution in [0.1, 0.15) is 12.5 Å². The van der Waals surface area contributed by atoms with Crippen LogP contribution in [0.25, 0.3) is 0 Å². The second kappa shape index (κ2) is 4.62. The van der Waals surface area contributed by atoms with Crippen molar-refractivity contribution in [2.24, 2.45) is 5.73 Å². The molecule has 8 heteroatoms. The summed E-state index contributed by atoms with van der Waals surface area (Å²) in [6, 6.07) is -0.930. The maximum atomic E-state index is 11.2. The zero-order valence-corrected chi connectivity index (χ0v) is 9.51. The van der Waals surface area contributed by atoms with Crippen molar-refractivity contribution in [1.82, 2.24) is 9.78 Å². The Morgan fingerprint density at radius 1 is 1.69 bits per heavy atom. The van der Waals surface area contributed by atoms with Crippen LogP contribution in [0.4, 0.5) is 0 Å². The van der Waals surface area contributed by atoms with E-state index < -0.39 is 21.8 Å². The fourth-order valence-corrected chi connectivity index (χ4v) is 1.75. The smallest absolute Gasteiger partial charge is 0.328 e. The number of aliphatic carboxylic acids is 1. The molecule has 16 heavy (non-hydrogen) atoms. The molecule has 1 atom stereocenters. The minimum absolute atomic E-state index is 0.00392. The van der Waals surface area contributed by atoms with Gasteiger partial charge in [0.25, 0.3) is 0 Å². The maximum Gasteiger partial charge on any atom is 0.328 e. The molecular formula is C8H13N3O4S. The third kappa shape index (κ3) is 2.80. The van der Waals surface area contributed by atoms with Gasteiger partial charge in [-0.3, -0.25) is 4.68 Å². The van der Waals surface area contributed by atoms with E-state index in [0.717, 1.165) is 17.1 Å². The Morgan fingerprint density at radius 3 is 2.69 bits per heavy atom. The van der Waals surface area contributed by atoms with Gasteiger partial charge in [-0.1, -0.05) is 0 Å². The van der Waals surface area contributed by atoms with Gasteiger partial charge < -0.3 is 10.8 Å². The third-order valence-corrected chi connectivity index (χ3v) is 3.12. The summed E-state index contributed by atoms with van der Waals surface area (Å²) in [6.07, 6.45) is 3.55. The summed E-state index contributed by atoms with van der Waals surface area (Å²) in [4.78, 5) is 10.9. The van der Waals surface area contributed by atoms with Gasteiger partial charge in [-0.2, -0.15) is 5.10 Å². The molecular weight excluding hydrogens is 234 g/mol. The first-order valence-electron chi connectivity index (χ1n) is 4.53. The van der Waals surface area contributed by atoms with Crippen molar-refractivity contribution in [3.63, 3.8) is 0 Å². The first kappa shape index (κ1) is 12.7. The summed E-state index contributed by atoms with van der Waals surface area (Å²) in [6.45, 7) is 0.186. The highest BCUT2D eigenvalue weighted by Crippen LogP contribution is 2.14. The summed E-state index contributed by atoms with van der Waals surface area (Å²) >= 11 is 0. The van der Waals surface area contributed by atoms with Gasteiger partial charge in [0.2, 0.25) is 0 Å². The van der Waals surface area contributed by atoms with Crippen LogP contribution >= 0.6 is 0 Å². The van der Waals surface area contributed by atoms with E-state index in [0.29, 0.717) is 0 Å². The highest BCUT2D eigenvalue weighted by molar-refractivity contribution is 7.90. The molecule has 0 saturated carbocycles. The Morgan fingerprint density at radius 2 is 2.31 bits per heavy atom. The number of rotatable bonds is 5. The van der Waals surface area contributed by atoms with E-state index in [9.17, 15) is 13.2 Å². The fourth-order valence-electron chi connectivity index (χ4n) is 1.21. The molecule has 0 aliphatic carbocycles. The number of carboxylic acids is 1. The van der Waals surface area contributed by atoms with Crippen molar-refractivity contribution >= 4 is 15.8 Å². The molecule has 1 unspecified atom stereocenters. The molecule has 0 aromatic carbocycles. The summed E-state index contributed by atoms with van der Waals surface area (Å²) in [5.74, 6) is -1.09. The molecule has 1 rings (SSSR count). The molecule has 0 fully saturated rings. The van der Waals surface area contributed by atoms with Crippen LogP contribution in [-0.4, -0.2) is 42.1 Å². The normalized spacial score (nSPS) is 13.6. The molecule has 7 nitrogen and oxygen atoms in total. The third-order valence-electron chi connectivity index (χ3n) is 2.05. The summed E-state index contributed by atoms with van der Waals surface area (Å²) in [5, 5.41) is 12.6. The Bertz CT molecular complexity index is 479. The van der Waals surface area contributed by atoms with Gasteiger partial charge in [-0.25, -0.2) is 13.2 Å². The second-order valence-corrected chi connectivity index (χ2v) is 5.38. The van der Waals surface area contributed by atoms with Crippen LogP contribution in [0, 0.1) is 0 Å². The predicted octanol–water partition coefficient (Wildman–Crippen LogP) is -0.739. The zero-order chi connectivity index (χ0) is 12.3. The van der Waals surface area contributed by atoms with E-state index in [4.69, 9.17) is 10.8 Å². The number of carbonyl (C=O) groups is 1. The number of nitrogens with two attached hydrogens (primary N) is 1. The largest absolute Gasteiger partial charge is 0.480 e. The van der Waals surface area contributed by atoms with Crippen LogP contribution in [0.3, 0.4) is 0 Å². The van der Waals surface area contributed by atoms with Crippen molar-refractivity contribution in [1.29, 1.82) is 0 Å². The van der Waals surface area contributed by atoms with E-state index in [1.54, 1.807) is 0 Å². The Labute approximate surface area is 92.8 Å². The molecule has 90 valence electrons. The highest BCUT2D eigenvalue weighted by Gasteiger charge is 2.21. The van der Waals surface area contributed by atoms with Gasteiger partial charge in [-0.05, 0) is 13.0 Å². The molecule has 0 amide bonds. The van der Waals surface area contributed by atoms with Gasteiger partial charge in [-0.15, -0.1) is 0 Å². The van der Waals surface area contributed by atoms with Crippen molar-refractivity contribution in [2.45, 2.75) is 17.4 Å². The van der Waals surface area contributed by atoms with Gasteiger partial charge in [0.1, 0.15) is 4.90 Å². The van der Waals surface area contributed by atoms with Gasteiger partial charge in [0, 0.05) is 12.5 Å². The van der Waals surface area contributed by atoms with Gasteiger partial charge in [0.05, 0.1) is 6.20 Å². The van der Waals surface area contributed by atoms with Crippen molar-refractivity contribution in [3.8, 4) is 0 Å². The molecule has 3 N–H and O–H groups in total. The van der Waals surface area contributed by atoms with Crippen LogP contribution in [-0.2, 0) is 14.6 Å². The SMILES string of the molecule is CS(=O)(=O)c1cnn(C(CCN)C(=O)O)c1. The predicted molar refractivity (Wildman–Crippen MR) is 55.7 cm³/mol. The zero-order valence-electron chi connectivity index (χ0n) is 8.70. The molecule has 0 aliphatic heterocycles. The summed E-state index contributed by atoms with van der Waals surface area (Å²) < 4.78 is 23.4. The monoisotopic (exact) mass is 247 g/mol. The lowest BCUT2D eigenvalue weighted by molar-refractivity contribution is -0.141. The lowest BCUT2D eigenvalue weighted by Crippen LogP contribution is -2.22. The van der Waals surface area contributed by atoms with Gasteiger partial charge in [0.15, 0.2) is 15.9 Å². The van der Waals surface area contributed by atoms with Gasteiger partial charge >= 0.3 is 5.97 Å². The average Bonchev–Trinajstić information content (AvgIpc) is 2.61. The summed E-state index contributed by atoms with van der Waals surface area (Å²) in [7, 11) is -3.36. The number of carboxylic acid groups (broad SMARTS) is 1. The molecule has 0 bridgehead atoms. The number of nitrogens with zero attached hydrogens (tertiary/aromatic N) is 2. The van der Waals surface area contributed by atoms with Crippen molar-refractivity contribution in [3.05, 3.63) is 12.4 Å². The second-order valence-electron chi connectivity index (χ2n) is 3.36. The van der Waals surface area contributed by atoms with E-state index >= 15 is 0 Å². The van der Waals surface area contributed by atoms with Crippen molar-refractivity contribution in [2.75, 3.05) is 12.8 Å². The number of hydrogen-bond acceptors (Lipinski definition) is 5. The van der Waals surface area contributed by atoms with Crippen LogP contribution in [0.15, 0.2) is 17.3 Å². The highest BCUT2D eigenvalue weighted by atomic mass is 32.2. The van der Waals surface area contributed by atoms with E-state index in [2.05, 4.69) is 5.10 Å².